The Kier molecular flexibility index (Phi) is 2.72. The maximum absolute atomic E-state index is 13.0. The van der Waals surface area contributed by atoms with Gasteiger partial charge in [-0.1, -0.05) is 0 Å². The average molecular weight is 262 g/mol. The molecule has 2 rings (SSSR count). The van der Waals surface area contributed by atoms with Crippen LogP contribution in [0.3, 0.4) is 0 Å². The van der Waals surface area contributed by atoms with Crippen molar-refractivity contribution in [3.63, 3.8) is 0 Å². The van der Waals surface area contributed by atoms with Crippen LogP contribution in [0.5, 0.6) is 0 Å². The number of nitrogens with zero attached hydrogens (tertiary/aromatic N) is 1. The average Bonchev–Trinajstić information content (AvgIpc) is 2.64. The van der Waals surface area contributed by atoms with Crippen LogP contribution in [0.25, 0.3) is 0 Å². The van der Waals surface area contributed by atoms with Gasteiger partial charge in [0.25, 0.3) is 0 Å². The first kappa shape index (κ1) is 9.90. The summed E-state index contributed by atoms with van der Waals surface area (Å²) in [5.41, 5.74) is 0.751. The van der Waals surface area contributed by atoms with E-state index in [1.165, 1.54) is 12.1 Å². The lowest BCUT2D eigenvalue weighted by molar-refractivity contribution is 0.508. The number of anilines is 1. The third-order valence-corrected chi connectivity index (χ3v) is 3.07. The molecule has 0 radical (unpaired) electrons. The van der Waals surface area contributed by atoms with E-state index in [-0.39, 0.29) is 0 Å². The van der Waals surface area contributed by atoms with E-state index < -0.39 is 11.6 Å². The Morgan fingerprint density at radius 2 is 1.64 bits per heavy atom. The predicted molar refractivity (Wildman–Crippen MR) is 55.5 cm³/mol. The number of hydrogen-bond acceptors (Lipinski definition) is 1. The first-order valence-corrected chi connectivity index (χ1v) is 5.37. The van der Waals surface area contributed by atoms with Gasteiger partial charge in [-0.2, -0.15) is 0 Å². The molecule has 0 aromatic heterocycles. The van der Waals surface area contributed by atoms with E-state index in [9.17, 15) is 8.78 Å². The Balaban J connectivity index is 2.37. The lowest BCUT2D eigenvalue weighted by Gasteiger charge is -2.19. The molecular weight excluding hydrogens is 252 g/mol. The van der Waals surface area contributed by atoms with Crippen molar-refractivity contribution in [2.75, 3.05) is 18.0 Å². The molecule has 1 aliphatic rings. The molecule has 0 atom stereocenters. The zero-order valence-corrected chi connectivity index (χ0v) is 9.15. The summed E-state index contributed by atoms with van der Waals surface area (Å²) in [6.45, 7) is 1.84. The van der Waals surface area contributed by atoms with Gasteiger partial charge in [-0.05, 0) is 34.8 Å². The fraction of sp³-hybridized carbons (Fsp3) is 0.400. The summed E-state index contributed by atoms with van der Waals surface area (Å²) in [6, 6.07) is 2.44. The number of halogens is 3. The van der Waals surface area contributed by atoms with E-state index in [0.29, 0.717) is 4.47 Å². The van der Waals surface area contributed by atoms with E-state index in [4.69, 9.17) is 0 Å². The second-order valence-corrected chi connectivity index (χ2v) is 4.27. The van der Waals surface area contributed by atoms with Crippen molar-refractivity contribution in [2.45, 2.75) is 12.8 Å². The highest BCUT2D eigenvalue weighted by molar-refractivity contribution is 9.10. The van der Waals surface area contributed by atoms with Crippen LogP contribution in [0, 0.1) is 11.6 Å². The third kappa shape index (κ3) is 1.75. The van der Waals surface area contributed by atoms with E-state index in [2.05, 4.69) is 20.8 Å². The predicted octanol–water partition coefficient (Wildman–Crippen LogP) is 3.33. The van der Waals surface area contributed by atoms with Gasteiger partial charge in [0.1, 0.15) is 0 Å². The Morgan fingerprint density at radius 1 is 1.07 bits per heavy atom. The van der Waals surface area contributed by atoms with Gasteiger partial charge in [0.05, 0.1) is 5.69 Å². The molecule has 0 aliphatic carbocycles. The van der Waals surface area contributed by atoms with Crippen LogP contribution in [0.1, 0.15) is 12.8 Å². The first-order chi connectivity index (χ1) is 6.68. The molecule has 1 fully saturated rings. The minimum Gasteiger partial charge on any atom is -0.371 e. The van der Waals surface area contributed by atoms with Gasteiger partial charge >= 0.3 is 0 Å². The van der Waals surface area contributed by atoms with Crippen molar-refractivity contribution in [1.29, 1.82) is 0 Å². The molecule has 1 aliphatic heterocycles. The topological polar surface area (TPSA) is 3.24 Å². The normalized spacial score (nSPS) is 16.4. The molecule has 0 unspecified atom stereocenters. The minimum absolute atomic E-state index is 0.623. The van der Waals surface area contributed by atoms with Crippen LogP contribution >= 0.6 is 15.9 Å². The molecule has 1 heterocycles. The van der Waals surface area contributed by atoms with Crippen LogP contribution in [-0.2, 0) is 0 Å². The van der Waals surface area contributed by atoms with Crippen LogP contribution in [0.4, 0.5) is 14.5 Å². The Bertz CT molecular complexity index is 348. The van der Waals surface area contributed by atoms with Crippen molar-refractivity contribution < 1.29 is 8.78 Å². The van der Waals surface area contributed by atoms with Gasteiger partial charge in [0.2, 0.25) is 0 Å². The van der Waals surface area contributed by atoms with Crippen LogP contribution in [0.2, 0.25) is 0 Å². The second kappa shape index (κ2) is 3.85. The summed E-state index contributed by atoms with van der Waals surface area (Å²) < 4.78 is 26.4. The van der Waals surface area contributed by atoms with E-state index in [1.54, 1.807) is 0 Å². The molecule has 1 nitrogen and oxygen atoms in total. The molecule has 1 aromatic rings. The highest BCUT2D eigenvalue weighted by Gasteiger charge is 2.17. The molecule has 0 bridgehead atoms. The molecule has 0 amide bonds. The van der Waals surface area contributed by atoms with Gasteiger partial charge in [0.15, 0.2) is 11.6 Å². The first-order valence-electron chi connectivity index (χ1n) is 4.58. The molecule has 1 aromatic carbocycles. The van der Waals surface area contributed by atoms with Crippen molar-refractivity contribution in [1.82, 2.24) is 0 Å². The van der Waals surface area contributed by atoms with Gasteiger partial charge < -0.3 is 4.90 Å². The van der Waals surface area contributed by atoms with E-state index in [1.807, 2.05) is 0 Å². The number of benzene rings is 1. The molecule has 4 heteroatoms. The van der Waals surface area contributed by atoms with E-state index >= 15 is 0 Å². The summed E-state index contributed by atoms with van der Waals surface area (Å²) in [4.78, 5) is 2.06. The van der Waals surface area contributed by atoms with Gasteiger partial charge in [0, 0.05) is 23.6 Å². The van der Waals surface area contributed by atoms with Gasteiger partial charge in [-0.3, -0.25) is 0 Å². The summed E-state index contributed by atoms with van der Waals surface area (Å²) in [5, 5.41) is 0. The largest absolute Gasteiger partial charge is 0.371 e. The Hall–Kier alpha value is -0.640. The third-order valence-electron chi connectivity index (χ3n) is 2.44. The molecule has 1 saturated heterocycles. The molecule has 0 saturated carbocycles. The molecule has 0 spiro atoms. The maximum atomic E-state index is 13.0. The minimum atomic E-state index is -0.806. The SMILES string of the molecule is Fc1cc(Br)c(N2CCCC2)cc1F. The highest BCUT2D eigenvalue weighted by atomic mass is 79.9. The number of hydrogen-bond donors (Lipinski definition) is 0. The molecular formula is C10H10BrF2N. The second-order valence-electron chi connectivity index (χ2n) is 3.41. The van der Waals surface area contributed by atoms with Crippen molar-refractivity contribution in [2.24, 2.45) is 0 Å². The molecule has 0 N–H and O–H groups in total. The Labute approximate surface area is 89.8 Å². The van der Waals surface area contributed by atoms with Crippen molar-refractivity contribution in [3.8, 4) is 0 Å². The van der Waals surface area contributed by atoms with Crippen molar-refractivity contribution >= 4 is 21.6 Å². The monoisotopic (exact) mass is 261 g/mol. The fourth-order valence-corrected chi connectivity index (χ4v) is 2.28. The summed E-state index contributed by atoms with van der Waals surface area (Å²) in [5.74, 6) is -1.59. The molecule has 76 valence electrons. The standard InChI is InChI=1S/C10H10BrF2N/c11-7-5-8(12)9(13)6-10(7)14-3-1-2-4-14/h5-6H,1-4H2. The highest BCUT2D eigenvalue weighted by Crippen LogP contribution is 2.30. The lowest BCUT2D eigenvalue weighted by Crippen LogP contribution is -2.18. The maximum Gasteiger partial charge on any atom is 0.160 e. The van der Waals surface area contributed by atoms with Crippen LogP contribution in [-0.4, -0.2) is 13.1 Å². The zero-order valence-electron chi connectivity index (χ0n) is 7.56. The van der Waals surface area contributed by atoms with E-state index in [0.717, 1.165) is 31.6 Å². The Morgan fingerprint density at radius 3 is 2.29 bits per heavy atom. The van der Waals surface area contributed by atoms with Gasteiger partial charge in [-0.15, -0.1) is 0 Å². The summed E-state index contributed by atoms with van der Waals surface area (Å²) >= 11 is 3.24. The zero-order chi connectivity index (χ0) is 10.1. The molecule has 14 heavy (non-hydrogen) atoms. The van der Waals surface area contributed by atoms with Crippen LogP contribution in [0.15, 0.2) is 16.6 Å². The summed E-state index contributed by atoms with van der Waals surface area (Å²) in [7, 11) is 0. The van der Waals surface area contributed by atoms with Crippen LogP contribution < -0.4 is 4.90 Å². The quantitative estimate of drug-likeness (QED) is 0.702. The smallest absolute Gasteiger partial charge is 0.160 e. The fourth-order valence-electron chi connectivity index (χ4n) is 1.71. The van der Waals surface area contributed by atoms with Gasteiger partial charge in [-0.25, -0.2) is 8.78 Å². The lowest BCUT2D eigenvalue weighted by atomic mass is 10.3. The summed E-state index contributed by atoms with van der Waals surface area (Å²) in [6.07, 6.45) is 2.23. The number of rotatable bonds is 1. The van der Waals surface area contributed by atoms with Crippen molar-refractivity contribution in [3.05, 3.63) is 28.2 Å².